The first-order valence-electron chi connectivity index (χ1n) is 24.9. The Bertz CT molecular complexity index is 3710. The molecule has 71 heavy (non-hydrogen) atoms. The largest absolute Gasteiger partial charge is 0.310 e. The van der Waals surface area contributed by atoms with Gasteiger partial charge in [0.15, 0.2) is 0 Å². The minimum absolute atomic E-state index is 0.481. The van der Waals surface area contributed by atoms with Gasteiger partial charge in [-0.3, -0.25) is 0 Å². The van der Waals surface area contributed by atoms with Gasteiger partial charge < -0.3 is 9.80 Å². The van der Waals surface area contributed by atoms with Crippen LogP contribution in [0.3, 0.4) is 0 Å². The number of thioether (sulfide) groups is 1. The smallest absolute Gasteiger partial charge is 0.0776 e. The van der Waals surface area contributed by atoms with Crippen LogP contribution >= 0.6 is 11.8 Å². The first kappa shape index (κ1) is 44.6. The number of hydrogen-bond acceptors (Lipinski definition) is 3. The Hall–Kier alpha value is -7.63. The van der Waals surface area contributed by atoms with Crippen LogP contribution in [0.25, 0.3) is 43.4 Å². The van der Waals surface area contributed by atoms with Gasteiger partial charge in [0, 0.05) is 44.3 Å². The average Bonchev–Trinajstić information content (AvgIpc) is 3.70. The molecule has 0 bridgehead atoms. The summed E-state index contributed by atoms with van der Waals surface area (Å²) in [5, 5.41) is 9.35. The monoisotopic (exact) mass is 948 g/mol. The minimum Gasteiger partial charge on any atom is -0.310 e. The van der Waals surface area contributed by atoms with Crippen LogP contribution in [-0.4, -0.2) is 13.3 Å². The van der Waals surface area contributed by atoms with E-state index in [0.29, 0.717) is 5.25 Å². The summed E-state index contributed by atoms with van der Waals surface area (Å²) in [6.45, 7) is 11.8. The number of nitrogens with zero attached hydrogens (tertiary/aromatic N) is 2. The Morgan fingerprint density at radius 1 is 0.394 bits per heavy atom. The van der Waals surface area contributed by atoms with E-state index in [0.717, 1.165) is 28.4 Å². The zero-order valence-electron chi connectivity index (χ0n) is 41.0. The van der Waals surface area contributed by atoms with E-state index in [1.807, 2.05) is 11.8 Å². The average molecular weight is 949 g/mol. The number of rotatable bonds is 11. The summed E-state index contributed by atoms with van der Waals surface area (Å²) >= 11 is 1.90. The fourth-order valence-corrected chi connectivity index (χ4v) is 13.4. The summed E-state index contributed by atoms with van der Waals surface area (Å²) in [6, 6.07) is 91.0. The van der Waals surface area contributed by atoms with E-state index in [-0.39, 0.29) is 0 Å². The number of benzene rings is 11. The van der Waals surface area contributed by atoms with Gasteiger partial charge in [-0.05, 0) is 157 Å². The van der Waals surface area contributed by atoms with Crippen molar-refractivity contribution in [2.24, 2.45) is 0 Å². The van der Waals surface area contributed by atoms with Gasteiger partial charge in [0.25, 0.3) is 0 Å². The molecule has 11 aromatic carbocycles. The molecule has 0 radical (unpaired) electrons. The molecule has 0 N–H and O–H groups in total. The van der Waals surface area contributed by atoms with Crippen LogP contribution in [-0.2, 0) is 5.41 Å². The molecule has 1 aliphatic carbocycles. The van der Waals surface area contributed by atoms with E-state index in [1.54, 1.807) is 0 Å². The summed E-state index contributed by atoms with van der Waals surface area (Å²) < 4.78 is 0. The Balaban J connectivity index is 1.14. The number of anilines is 6. The lowest BCUT2D eigenvalue weighted by atomic mass is 9.66. The zero-order chi connectivity index (χ0) is 48.3. The van der Waals surface area contributed by atoms with Crippen LogP contribution in [0.5, 0.6) is 0 Å². The molecule has 0 unspecified atom stereocenters. The molecule has 0 aliphatic heterocycles. The first-order valence-corrected chi connectivity index (χ1v) is 29.3. The summed E-state index contributed by atoms with van der Waals surface area (Å²) in [5.41, 5.74) is 13.9. The van der Waals surface area contributed by atoms with Crippen LogP contribution in [0.15, 0.2) is 248 Å². The third-order valence-electron chi connectivity index (χ3n) is 14.4. The summed E-state index contributed by atoms with van der Waals surface area (Å²) in [7, 11) is -1.61. The lowest BCUT2D eigenvalue weighted by molar-refractivity contribution is 0.777. The molecule has 12 rings (SSSR count). The summed E-state index contributed by atoms with van der Waals surface area (Å²) in [5.74, 6) is 0. The fourth-order valence-electron chi connectivity index (χ4n) is 11.3. The van der Waals surface area contributed by atoms with Gasteiger partial charge in [0.05, 0.1) is 13.5 Å². The molecule has 344 valence electrons. The van der Waals surface area contributed by atoms with Crippen molar-refractivity contribution in [3.8, 4) is 11.1 Å². The second kappa shape index (κ2) is 18.0. The number of para-hydroxylation sites is 2. The van der Waals surface area contributed by atoms with Gasteiger partial charge in [-0.25, -0.2) is 0 Å². The standard InChI is InChI=1S/C67H56N2SSi/c1-46(2)70-57-32-20-30-53(43-57)68(51-26-14-8-15-27-51)55-37-36-47-41-63-64(42-48(47)40-55)67(49-22-10-6-11-23-49,50-24-12-7-13-25-50)66-61-39-38-56(45-62(61)59-34-18-19-35-60(59)65(63)66)69(52-28-16-9-17-29-52)54-31-21-33-58(44-54)71(3,4)5/h6-46H,1-5H3. The number of fused-ring (bicyclic) bond motifs is 9. The van der Waals surface area contributed by atoms with Crippen molar-refractivity contribution in [1.29, 1.82) is 0 Å². The van der Waals surface area contributed by atoms with E-state index in [2.05, 4.69) is 286 Å². The van der Waals surface area contributed by atoms with Gasteiger partial charge in [-0.2, -0.15) is 0 Å². The molecule has 1 aliphatic rings. The predicted octanol–water partition coefficient (Wildman–Crippen LogP) is 18.5. The zero-order valence-corrected chi connectivity index (χ0v) is 42.8. The van der Waals surface area contributed by atoms with Gasteiger partial charge in [0.1, 0.15) is 0 Å². The summed E-state index contributed by atoms with van der Waals surface area (Å²) in [6.07, 6.45) is 0. The maximum Gasteiger partial charge on any atom is 0.0776 e. The molecule has 0 spiro atoms. The van der Waals surface area contributed by atoms with Crippen LogP contribution in [0.4, 0.5) is 34.1 Å². The van der Waals surface area contributed by atoms with E-state index >= 15 is 0 Å². The Morgan fingerprint density at radius 3 is 1.54 bits per heavy atom. The van der Waals surface area contributed by atoms with Gasteiger partial charge >= 0.3 is 0 Å². The first-order chi connectivity index (χ1) is 34.7. The van der Waals surface area contributed by atoms with Crippen molar-refractivity contribution < 1.29 is 0 Å². The van der Waals surface area contributed by atoms with Crippen molar-refractivity contribution in [3.05, 3.63) is 265 Å². The molecule has 0 saturated carbocycles. The lowest BCUT2D eigenvalue weighted by Gasteiger charge is -2.35. The molecule has 4 heteroatoms. The fraction of sp³-hybridized carbons (Fsp3) is 0.104. The van der Waals surface area contributed by atoms with E-state index in [4.69, 9.17) is 0 Å². The van der Waals surface area contributed by atoms with Gasteiger partial charge in [-0.15, -0.1) is 11.8 Å². The van der Waals surface area contributed by atoms with Crippen molar-refractivity contribution in [3.63, 3.8) is 0 Å². The third kappa shape index (κ3) is 7.74. The molecule has 0 amide bonds. The van der Waals surface area contributed by atoms with E-state index in [9.17, 15) is 0 Å². The highest BCUT2D eigenvalue weighted by Gasteiger charge is 2.48. The van der Waals surface area contributed by atoms with E-state index < -0.39 is 13.5 Å². The second-order valence-corrected chi connectivity index (χ2v) is 27.0. The van der Waals surface area contributed by atoms with E-state index in [1.165, 1.54) is 81.5 Å². The van der Waals surface area contributed by atoms with Crippen molar-refractivity contribution in [2.75, 3.05) is 9.80 Å². The lowest BCUT2D eigenvalue weighted by Crippen LogP contribution is -2.37. The van der Waals surface area contributed by atoms with Crippen LogP contribution in [0.1, 0.15) is 36.1 Å². The molecule has 0 aromatic heterocycles. The minimum atomic E-state index is -1.61. The highest BCUT2D eigenvalue weighted by molar-refractivity contribution is 7.99. The Labute approximate surface area is 423 Å². The predicted molar refractivity (Wildman–Crippen MR) is 310 cm³/mol. The summed E-state index contributed by atoms with van der Waals surface area (Å²) in [4.78, 5) is 6.12. The molecular weight excluding hydrogens is 893 g/mol. The topological polar surface area (TPSA) is 6.48 Å². The van der Waals surface area contributed by atoms with Crippen LogP contribution in [0, 0.1) is 0 Å². The van der Waals surface area contributed by atoms with Crippen molar-refractivity contribution >= 4 is 91.5 Å². The normalized spacial score (nSPS) is 12.9. The van der Waals surface area contributed by atoms with Crippen molar-refractivity contribution in [1.82, 2.24) is 0 Å². The molecule has 11 aromatic rings. The Kier molecular flexibility index (Phi) is 11.3. The highest BCUT2D eigenvalue weighted by atomic mass is 32.2. The maximum absolute atomic E-state index is 2.53. The molecule has 0 saturated heterocycles. The molecule has 0 heterocycles. The SMILES string of the molecule is CC(C)Sc1cccc(N(c2ccccc2)c2ccc3cc4c(cc3c2)C(c2ccccc2)(c2ccccc2)c2c-4c3ccccc3c3cc(N(c4ccccc4)c4cccc([Si](C)(C)C)c4)ccc23)c1. The van der Waals surface area contributed by atoms with Gasteiger partial charge in [-0.1, -0.05) is 190 Å². The quantitative estimate of drug-likeness (QED) is 0.0725. The highest BCUT2D eigenvalue weighted by Crippen LogP contribution is 2.61. The molecule has 2 nitrogen and oxygen atoms in total. The molecule has 0 atom stereocenters. The van der Waals surface area contributed by atoms with Gasteiger partial charge in [0.2, 0.25) is 0 Å². The maximum atomic E-state index is 2.53. The third-order valence-corrected chi connectivity index (χ3v) is 17.4. The van der Waals surface area contributed by atoms with Crippen LogP contribution < -0.4 is 15.0 Å². The molecular formula is C67H56N2SSi. The van der Waals surface area contributed by atoms with Crippen molar-refractivity contribution in [2.45, 2.75) is 49.0 Å². The Morgan fingerprint density at radius 2 is 0.915 bits per heavy atom. The number of hydrogen-bond donors (Lipinski definition) is 0. The molecule has 0 fully saturated rings. The second-order valence-electron chi connectivity index (χ2n) is 20.2. The van der Waals surface area contributed by atoms with Crippen LogP contribution in [0.2, 0.25) is 19.6 Å².